The molecule has 10 heteroatoms. The Morgan fingerprint density at radius 2 is 1.90 bits per heavy atom. The van der Waals surface area contributed by atoms with E-state index in [1.165, 1.54) is 24.5 Å². The van der Waals surface area contributed by atoms with E-state index in [-0.39, 0.29) is 11.6 Å². The summed E-state index contributed by atoms with van der Waals surface area (Å²) < 4.78 is 41.4. The molecule has 1 N–H and O–H groups in total. The number of thioether (sulfide) groups is 1. The van der Waals surface area contributed by atoms with Crippen LogP contribution in [0.3, 0.4) is 0 Å². The number of aromatic nitrogens is 3. The van der Waals surface area contributed by atoms with Crippen molar-refractivity contribution in [1.29, 1.82) is 0 Å². The van der Waals surface area contributed by atoms with Crippen LogP contribution in [0.2, 0.25) is 5.02 Å². The number of rotatable bonds is 6. The first-order chi connectivity index (χ1) is 14.2. The van der Waals surface area contributed by atoms with Gasteiger partial charge in [0.1, 0.15) is 6.33 Å². The van der Waals surface area contributed by atoms with Crippen LogP contribution in [-0.2, 0) is 11.0 Å². The molecule has 0 aliphatic heterocycles. The zero-order chi connectivity index (χ0) is 21.9. The van der Waals surface area contributed by atoms with Crippen LogP contribution in [0.1, 0.15) is 19.4 Å². The van der Waals surface area contributed by atoms with Gasteiger partial charge in [-0.05, 0) is 36.2 Å². The summed E-state index contributed by atoms with van der Waals surface area (Å²) in [5.41, 5.74) is -0.467. The molecule has 5 nitrogen and oxygen atoms in total. The predicted octanol–water partition coefficient (Wildman–Crippen LogP) is 5.69. The Labute approximate surface area is 180 Å². The summed E-state index contributed by atoms with van der Waals surface area (Å²) in [7, 11) is 0. The van der Waals surface area contributed by atoms with Crippen molar-refractivity contribution in [3.8, 4) is 5.69 Å². The van der Waals surface area contributed by atoms with E-state index in [1.807, 2.05) is 19.9 Å². The quantitative estimate of drug-likeness (QED) is 0.486. The first-order valence-corrected chi connectivity index (χ1v) is 10.2. The van der Waals surface area contributed by atoms with Gasteiger partial charge in [-0.3, -0.25) is 9.36 Å². The normalized spacial score (nSPS) is 12.8. The molecule has 3 aromatic rings. The van der Waals surface area contributed by atoms with E-state index in [2.05, 4.69) is 15.5 Å². The average Bonchev–Trinajstić information content (AvgIpc) is 3.13. The summed E-state index contributed by atoms with van der Waals surface area (Å²) in [5, 5.41) is 10.6. The summed E-state index contributed by atoms with van der Waals surface area (Å²) in [6.45, 7) is 3.63. The number of halogens is 4. The van der Waals surface area contributed by atoms with Crippen LogP contribution in [0.15, 0.2) is 60.0 Å². The molecule has 30 heavy (non-hydrogen) atoms. The number of hydrogen-bond acceptors (Lipinski definition) is 4. The molecule has 0 radical (unpaired) electrons. The van der Waals surface area contributed by atoms with E-state index < -0.39 is 22.9 Å². The number of nitrogens with one attached hydrogen (secondary N) is 1. The number of para-hydroxylation sites is 1. The van der Waals surface area contributed by atoms with Crippen LogP contribution in [0, 0.1) is 5.92 Å². The first kappa shape index (κ1) is 22.2. The van der Waals surface area contributed by atoms with Gasteiger partial charge in [-0.1, -0.05) is 55.4 Å². The Bertz CT molecular complexity index is 1040. The number of carbonyl (C=O) groups is 1. The summed E-state index contributed by atoms with van der Waals surface area (Å²) in [6, 6.07) is 11.9. The lowest BCUT2D eigenvalue weighted by molar-refractivity contribution is -0.137. The molecule has 0 saturated carbocycles. The van der Waals surface area contributed by atoms with Gasteiger partial charge < -0.3 is 5.32 Å². The Hall–Kier alpha value is -2.52. The third-order valence-electron chi connectivity index (χ3n) is 4.19. The van der Waals surface area contributed by atoms with E-state index in [0.29, 0.717) is 15.9 Å². The van der Waals surface area contributed by atoms with Crippen LogP contribution >= 0.6 is 23.4 Å². The number of alkyl halides is 3. The van der Waals surface area contributed by atoms with Crippen molar-refractivity contribution in [3.05, 3.63) is 65.4 Å². The second-order valence-electron chi connectivity index (χ2n) is 6.78. The standard InChI is InChI=1S/C20H18ClF3N4OS/c1-12(2)17(18(29)26-16-9-4-3-8-15(16)20(22,23)24)30-19-27-25-11-28(19)14-7-5-6-13(21)10-14/h3-12,17H,1-2H3,(H,26,29). The second kappa shape index (κ2) is 9.09. The molecule has 0 fully saturated rings. The van der Waals surface area contributed by atoms with Gasteiger partial charge in [0, 0.05) is 5.02 Å². The van der Waals surface area contributed by atoms with Crippen LogP contribution < -0.4 is 5.32 Å². The van der Waals surface area contributed by atoms with Gasteiger partial charge in [-0.15, -0.1) is 10.2 Å². The van der Waals surface area contributed by atoms with Crippen LogP contribution in [0.25, 0.3) is 5.69 Å². The SMILES string of the molecule is CC(C)C(Sc1nncn1-c1cccc(Cl)c1)C(=O)Nc1ccccc1C(F)(F)F. The summed E-state index contributed by atoms with van der Waals surface area (Å²) >= 11 is 7.17. The summed E-state index contributed by atoms with van der Waals surface area (Å²) in [4.78, 5) is 12.9. The number of benzene rings is 2. The fourth-order valence-corrected chi connectivity index (χ4v) is 3.97. The highest BCUT2D eigenvalue weighted by Crippen LogP contribution is 2.36. The molecule has 3 rings (SSSR count). The van der Waals surface area contributed by atoms with Gasteiger partial charge in [0.25, 0.3) is 0 Å². The maximum absolute atomic E-state index is 13.2. The summed E-state index contributed by atoms with van der Waals surface area (Å²) in [6.07, 6.45) is -3.08. The first-order valence-electron chi connectivity index (χ1n) is 8.96. The topological polar surface area (TPSA) is 59.8 Å². The van der Waals surface area contributed by atoms with Gasteiger partial charge in [0.2, 0.25) is 5.91 Å². The lowest BCUT2D eigenvalue weighted by atomic mass is 10.1. The van der Waals surface area contributed by atoms with Gasteiger partial charge in [0.15, 0.2) is 5.16 Å². The minimum atomic E-state index is -4.57. The Balaban J connectivity index is 1.85. The average molecular weight is 455 g/mol. The Kier molecular flexibility index (Phi) is 6.72. The molecule has 1 amide bonds. The van der Waals surface area contributed by atoms with Gasteiger partial charge in [-0.2, -0.15) is 13.2 Å². The van der Waals surface area contributed by atoms with Gasteiger partial charge in [-0.25, -0.2) is 0 Å². The highest BCUT2D eigenvalue weighted by molar-refractivity contribution is 8.00. The molecule has 0 aliphatic rings. The molecule has 0 aliphatic carbocycles. The van der Waals surface area contributed by atoms with Crippen molar-refractivity contribution in [3.63, 3.8) is 0 Å². The maximum Gasteiger partial charge on any atom is 0.418 e. The predicted molar refractivity (Wildman–Crippen MR) is 111 cm³/mol. The lowest BCUT2D eigenvalue weighted by Crippen LogP contribution is -2.30. The molecule has 158 valence electrons. The molecule has 1 atom stereocenters. The van der Waals surface area contributed by atoms with E-state index >= 15 is 0 Å². The van der Waals surface area contributed by atoms with Gasteiger partial charge in [0.05, 0.1) is 22.2 Å². The molecule has 0 bridgehead atoms. The number of carbonyl (C=O) groups excluding carboxylic acids is 1. The molecule has 1 unspecified atom stereocenters. The maximum atomic E-state index is 13.2. The Morgan fingerprint density at radius 3 is 2.57 bits per heavy atom. The van der Waals surface area contributed by atoms with Crippen molar-refractivity contribution in [2.24, 2.45) is 5.92 Å². The van der Waals surface area contributed by atoms with Crippen LogP contribution in [0.5, 0.6) is 0 Å². The zero-order valence-electron chi connectivity index (χ0n) is 16.0. The summed E-state index contributed by atoms with van der Waals surface area (Å²) in [5.74, 6) is -0.732. The molecule has 1 aromatic heterocycles. The molecule has 2 aromatic carbocycles. The third kappa shape index (κ3) is 5.14. The van der Waals surface area contributed by atoms with Crippen molar-refractivity contribution >= 4 is 35.0 Å². The molecular weight excluding hydrogens is 437 g/mol. The van der Waals surface area contributed by atoms with Crippen LogP contribution in [0.4, 0.5) is 18.9 Å². The monoisotopic (exact) mass is 454 g/mol. The van der Waals surface area contributed by atoms with E-state index in [0.717, 1.165) is 17.8 Å². The second-order valence-corrected chi connectivity index (χ2v) is 8.32. The highest BCUT2D eigenvalue weighted by atomic mass is 35.5. The van der Waals surface area contributed by atoms with E-state index in [9.17, 15) is 18.0 Å². The zero-order valence-corrected chi connectivity index (χ0v) is 17.6. The highest BCUT2D eigenvalue weighted by Gasteiger charge is 2.34. The van der Waals surface area contributed by atoms with E-state index in [1.54, 1.807) is 22.8 Å². The minimum absolute atomic E-state index is 0.183. The third-order valence-corrected chi connectivity index (χ3v) is 5.93. The molecule has 0 spiro atoms. The minimum Gasteiger partial charge on any atom is -0.325 e. The smallest absolute Gasteiger partial charge is 0.325 e. The fraction of sp³-hybridized carbons (Fsp3) is 0.250. The number of amides is 1. The molecule has 1 heterocycles. The van der Waals surface area contributed by atoms with E-state index in [4.69, 9.17) is 11.6 Å². The molecule has 0 saturated heterocycles. The van der Waals surface area contributed by atoms with Crippen molar-refractivity contribution in [2.75, 3.05) is 5.32 Å². The van der Waals surface area contributed by atoms with Crippen LogP contribution in [-0.4, -0.2) is 25.9 Å². The molecular formula is C20H18ClF3N4OS. The number of nitrogens with zero attached hydrogens (tertiary/aromatic N) is 3. The van der Waals surface area contributed by atoms with Crippen molar-refractivity contribution < 1.29 is 18.0 Å². The van der Waals surface area contributed by atoms with Crippen molar-refractivity contribution in [1.82, 2.24) is 14.8 Å². The lowest BCUT2D eigenvalue weighted by Gasteiger charge is -2.21. The number of anilines is 1. The largest absolute Gasteiger partial charge is 0.418 e. The Morgan fingerprint density at radius 1 is 1.17 bits per heavy atom. The van der Waals surface area contributed by atoms with Gasteiger partial charge >= 0.3 is 6.18 Å². The van der Waals surface area contributed by atoms with Crippen molar-refractivity contribution in [2.45, 2.75) is 30.4 Å². The number of hydrogen-bond donors (Lipinski definition) is 1. The fourth-order valence-electron chi connectivity index (χ4n) is 2.76.